The Labute approximate surface area is 171 Å². The number of nitrogens with one attached hydrogen (secondary N) is 2. The topological polar surface area (TPSA) is 116 Å². The van der Waals surface area contributed by atoms with Gasteiger partial charge < -0.3 is 29.6 Å². The Hall–Kier alpha value is -2.54. The Morgan fingerprint density at radius 3 is 1.97 bits per heavy atom. The van der Waals surface area contributed by atoms with Gasteiger partial charge in [-0.1, -0.05) is 0 Å². The number of amidine groups is 1. The number of anilines is 1. The molecule has 2 rings (SSSR count). The van der Waals surface area contributed by atoms with Crippen molar-refractivity contribution in [1.82, 2.24) is 0 Å². The van der Waals surface area contributed by atoms with Crippen molar-refractivity contribution < 1.29 is 23.1 Å². The zero-order valence-corrected chi connectivity index (χ0v) is 18.0. The molecule has 0 fully saturated rings. The van der Waals surface area contributed by atoms with Crippen LogP contribution >= 0.6 is 7.60 Å². The number of hydrogen-bond donors (Lipinski definition) is 3. The molecule has 29 heavy (non-hydrogen) atoms. The van der Waals surface area contributed by atoms with Gasteiger partial charge in [0.15, 0.2) is 5.78 Å². The second-order valence-corrected chi connectivity index (χ2v) is 8.37. The van der Waals surface area contributed by atoms with Gasteiger partial charge in [0.1, 0.15) is 17.3 Å². The Balaban J connectivity index is 2.50. The molecule has 0 bridgehead atoms. The quantitative estimate of drug-likeness (QED) is 0.280. The minimum Gasteiger partial charge on any atom is -0.494 e. The lowest BCUT2D eigenvalue weighted by molar-refractivity contribution is 0.268. The van der Waals surface area contributed by atoms with E-state index in [-0.39, 0.29) is 5.84 Å². The second kappa shape index (κ2) is 10.3. The minimum atomic E-state index is -3.58. The van der Waals surface area contributed by atoms with Gasteiger partial charge in [0.25, 0.3) is 0 Å². The van der Waals surface area contributed by atoms with E-state index in [0.717, 1.165) is 0 Å². The molecule has 1 unspecified atom stereocenters. The van der Waals surface area contributed by atoms with Crippen LogP contribution in [-0.2, 0) is 13.6 Å². The van der Waals surface area contributed by atoms with Gasteiger partial charge in [0.2, 0.25) is 0 Å². The number of hydrogen-bond acceptors (Lipinski definition) is 7. The predicted molar refractivity (Wildman–Crippen MR) is 114 cm³/mol. The minimum absolute atomic E-state index is 0.0293. The van der Waals surface area contributed by atoms with Crippen LogP contribution in [0, 0.1) is 5.41 Å². The van der Waals surface area contributed by atoms with E-state index in [2.05, 4.69) is 5.32 Å². The van der Waals surface area contributed by atoms with Crippen molar-refractivity contribution in [3.63, 3.8) is 0 Å². The van der Waals surface area contributed by atoms with E-state index in [0.29, 0.717) is 41.5 Å². The average molecular weight is 421 g/mol. The number of rotatable bonds is 11. The number of nitrogen functional groups attached to an aromatic ring is 1. The van der Waals surface area contributed by atoms with Gasteiger partial charge in [-0.25, -0.2) is 0 Å². The normalized spacial score (nSPS) is 12.3. The first-order chi connectivity index (χ1) is 13.9. The van der Waals surface area contributed by atoms with Crippen molar-refractivity contribution in [2.75, 3.05) is 32.8 Å². The maximum absolute atomic E-state index is 13.3. The summed E-state index contributed by atoms with van der Waals surface area (Å²) >= 11 is 0. The van der Waals surface area contributed by atoms with Gasteiger partial charge in [0, 0.05) is 31.5 Å². The van der Waals surface area contributed by atoms with Crippen LogP contribution < -0.4 is 20.5 Å². The molecule has 0 heterocycles. The van der Waals surface area contributed by atoms with E-state index in [1.54, 1.807) is 42.5 Å². The third-order valence-corrected chi connectivity index (χ3v) is 6.24. The third-order valence-electron chi connectivity index (χ3n) is 4.16. The Bertz CT molecular complexity index is 841. The molecule has 0 aliphatic rings. The van der Waals surface area contributed by atoms with E-state index in [1.807, 2.05) is 13.8 Å². The van der Waals surface area contributed by atoms with Gasteiger partial charge in [0.05, 0.1) is 13.2 Å². The summed E-state index contributed by atoms with van der Waals surface area (Å²) in [5, 5.41) is 10.7. The average Bonchev–Trinajstić information content (AvgIpc) is 2.72. The van der Waals surface area contributed by atoms with Crippen LogP contribution in [0.15, 0.2) is 42.5 Å². The van der Waals surface area contributed by atoms with Gasteiger partial charge in [-0.05, 0) is 55.8 Å². The molecular weight excluding hydrogens is 393 g/mol. The van der Waals surface area contributed by atoms with Crippen LogP contribution in [0.3, 0.4) is 0 Å². The van der Waals surface area contributed by atoms with Crippen molar-refractivity contribution >= 4 is 19.1 Å². The molecule has 0 amide bonds. The van der Waals surface area contributed by atoms with Gasteiger partial charge in [-0.3, -0.25) is 9.97 Å². The van der Waals surface area contributed by atoms with Crippen LogP contribution in [0.25, 0.3) is 0 Å². The molecule has 2 aromatic carbocycles. The van der Waals surface area contributed by atoms with E-state index >= 15 is 0 Å². The lowest BCUT2D eigenvalue weighted by atomic mass is 10.1. The van der Waals surface area contributed by atoms with Crippen molar-refractivity contribution in [2.24, 2.45) is 5.73 Å². The lowest BCUT2D eigenvalue weighted by Gasteiger charge is -2.27. The molecular formula is C20H28N3O5P. The van der Waals surface area contributed by atoms with E-state index in [4.69, 9.17) is 29.7 Å². The summed E-state index contributed by atoms with van der Waals surface area (Å²) < 4.78 is 35.2. The summed E-state index contributed by atoms with van der Waals surface area (Å²) in [6, 6.07) is 12.2. The van der Waals surface area contributed by atoms with Crippen LogP contribution in [-0.4, -0.2) is 33.3 Å². The first kappa shape index (κ1) is 22.7. The van der Waals surface area contributed by atoms with Crippen LogP contribution in [0.5, 0.6) is 11.5 Å². The highest BCUT2D eigenvalue weighted by Gasteiger charge is 2.36. The predicted octanol–water partition coefficient (Wildman–Crippen LogP) is 4.36. The molecule has 9 heteroatoms. The summed E-state index contributed by atoms with van der Waals surface area (Å²) in [6.45, 7) is 4.72. The standard InChI is InChI=1S/C20H28N3O5P/c1-5-27-17-11-15(12-18(13-17)28-6-2)20(29(24,25-3)26-4)23-16-9-7-14(8-10-16)19(21)22/h7-13,20,23H,5-6H2,1-4H3,(H3,21,22). The SMILES string of the molecule is CCOc1cc(OCC)cc(C(Nc2ccc(C(=N)N)cc2)P(=O)(OC)OC)c1. The van der Waals surface area contributed by atoms with Crippen molar-refractivity contribution in [2.45, 2.75) is 19.6 Å². The molecule has 2 aromatic rings. The third kappa shape index (κ3) is 5.73. The summed E-state index contributed by atoms with van der Waals surface area (Å²) in [6.07, 6.45) is 0. The van der Waals surface area contributed by atoms with Gasteiger partial charge >= 0.3 is 7.60 Å². The fourth-order valence-electron chi connectivity index (χ4n) is 2.79. The zero-order chi connectivity index (χ0) is 21.4. The molecule has 0 aromatic heterocycles. The monoisotopic (exact) mass is 421 g/mol. The van der Waals surface area contributed by atoms with Gasteiger partial charge in [-0.15, -0.1) is 0 Å². The van der Waals surface area contributed by atoms with Crippen LogP contribution in [0.1, 0.15) is 30.8 Å². The Morgan fingerprint density at radius 1 is 1.03 bits per heavy atom. The molecule has 0 aliphatic carbocycles. The Morgan fingerprint density at radius 2 is 1.55 bits per heavy atom. The number of ether oxygens (including phenoxy) is 2. The summed E-state index contributed by atoms with van der Waals surface area (Å²) in [5.74, 6) is 0.329. The first-order valence-electron chi connectivity index (χ1n) is 9.19. The molecule has 158 valence electrons. The maximum atomic E-state index is 13.3. The highest BCUT2D eigenvalue weighted by Crippen LogP contribution is 2.60. The molecule has 0 saturated heterocycles. The largest absolute Gasteiger partial charge is 0.494 e. The highest BCUT2D eigenvalue weighted by atomic mass is 31.2. The zero-order valence-electron chi connectivity index (χ0n) is 17.1. The van der Waals surface area contributed by atoms with Crippen molar-refractivity contribution in [3.05, 3.63) is 53.6 Å². The molecule has 1 atom stereocenters. The number of nitrogens with two attached hydrogens (primary N) is 1. The van der Waals surface area contributed by atoms with Crippen LogP contribution in [0.2, 0.25) is 0 Å². The molecule has 0 radical (unpaired) electrons. The fourth-order valence-corrected chi connectivity index (χ4v) is 4.18. The fraction of sp³-hybridized carbons (Fsp3) is 0.350. The lowest BCUT2D eigenvalue weighted by Crippen LogP contribution is -2.15. The van der Waals surface area contributed by atoms with Crippen molar-refractivity contribution in [1.29, 1.82) is 5.41 Å². The molecule has 8 nitrogen and oxygen atoms in total. The number of benzene rings is 2. The Kier molecular flexibility index (Phi) is 8.08. The van der Waals surface area contributed by atoms with Gasteiger partial charge in [-0.2, -0.15) is 0 Å². The maximum Gasteiger partial charge on any atom is 0.356 e. The smallest absolute Gasteiger partial charge is 0.356 e. The van der Waals surface area contributed by atoms with Crippen molar-refractivity contribution in [3.8, 4) is 11.5 Å². The van der Waals surface area contributed by atoms with Crippen LogP contribution in [0.4, 0.5) is 5.69 Å². The highest BCUT2D eigenvalue weighted by molar-refractivity contribution is 7.54. The molecule has 4 N–H and O–H groups in total. The van der Waals surface area contributed by atoms with E-state index in [1.165, 1.54) is 14.2 Å². The summed E-state index contributed by atoms with van der Waals surface area (Å²) in [4.78, 5) is 0. The first-order valence-corrected chi connectivity index (χ1v) is 10.8. The molecule has 0 aliphatic heterocycles. The molecule has 0 saturated carbocycles. The van der Waals surface area contributed by atoms with E-state index < -0.39 is 13.4 Å². The molecule has 0 spiro atoms. The second-order valence-electron chi connectivity index (χ2n) is 6.05. The summed E-state index contributed by atoms with van der Waals surface area (Å²) in [5.41, 5.74) is 7.39. The summed E-state index contributed by atoms with van der Waals surface area (Å²) in [7, 11) is -0.894. The van der Waals surface area contributed by atoms with E-state index in [9.17, 15) is 4.57 Å².